The molecule has 8 heteroatoms. The topological polar surface area (TPSA) is 92.4 Å². The van der Waals surface area contributed by atoms with Crippen molar-refractivity contribution in [1.82, 2.24) is 9.88 Å². The maximum atomic E-state index is 12.3. The van der Waals surface area contributed by atoms with E-state index in [1.54, 1.807) is 25.2 Å². The van der Waals surface area contributed by atoms with Crippen LogP contribution in [0.5, 0.6) is 0 Å². The third-order valence-corrected chi connectivity index (χ3v) is 6.18. The molecule has 6 nitrogen and oxygen atoms in total. The van der Waals surface area contributed by atoms with Crippen LogP contribution in [-0.2, 0) is 10.0 Å². The Kier molecular flexibility index (Phi) is 5.74. The van der Waals surface area contributed by atoms with Gasteiger partial charge in [-0.1, -0.05) is 11.2 Å². The largest absolute Gasteiger partial charge is 0.396 e. The molecular weight excluding hydrogens is 324 g/mol. The predicted octanol–water partition coefficient (Wildman–Crippen LogP) is 2.19. The molecule has 0 aromatic carbocycles. The molecule has 0 radical (unpaired) electrons. The van der Waals surface area contributed by atoms with Crippen LogP contribution in [0.25, 0.3) is 0 Å². The number of hydrogen-bond acceptors (Lipinski definition) is 6. The molecule has 2 N–H and O–H groups in total. The van der Waals surface area contributed by atoms with Crippen LogP contribution < -0.4 is 4.72 Å². The molecule has 0 aliphatic carbocycles. The summed E-state index contributed by atoms with van der Waals surface area (Å²) < 4.78 is 32.1. The van der Waals surface area contributed by atoms with E-state index in [-0.39, 0.29) is 23.2 Å². The van der Waals surface area contributed by atoms with Crippen LogP contribution in [0.1, 0.15) is 35.1 Å². The number of aliphatic hydroxyl groups is 1. The van der Waals surface area contributed by atoms with Crippen molar-refractivity contribution in [3.8, 4) is 0 Å². The number of hydrogen-bond donors (Lipinski definition) is 2. The quantitative estimate of drug-likeness (QED) is 0.766. The van der Waals surface area contributed by atoms with E-state index >= 15 is 0 Å². The van der Waals surface area contributed by atoms with E-state index < -0.39 is 10.0 Å². The van der Waals surface area contributed by atoms with Gasteiger partial charge in [0.1, 0.15) is 10.6 Å². The Bertz CT molecular complexity index is 673. The minimum Gasteiger partial charge on any atom is -0.396 e. The lowest BCUT2D eigenvalue weighted by molar-refractivity contribution is 0.273. The van der Waals surface area contributed by atoms with Crippen LogP contribution in [0.4, 0.5) is 0 Å². The first-order valence-electron chi connectivity index (χ1n) is 7.02. The maximum absolute atomic E-state index is 12.3. The maximum Gasteiger partial charge on any atom is 0.245 e. The van der Waals surface area contributed by atoms with Crippen LogP contribution in [-0.4, -0.2) is 31.8 Å². The molecule has 0 saturated carbocycles. The van der Waals surface area contributed by atoms with Gasteiger partial charge >= 0.3 is 0 Å². The molecular formula is C14H20N2O4S2. The van der Waals surface area contributed by atoms with E-state index in [4.69, 9.17) is 9.63 Å². The summed E-state index contributed by atoms with van der Waals surface area (Å²) in [6.45, 7) is 3.56. The smallest absolute Gasteiger partial charge is 0.245 e. The molecule has 0 saturated heterocycles. The van der Waals surface area contributed by atoms with Crippen molar-refractivity contribution in [2.75, 3.05) is 13.2 Å². The highest BCUT2D eigenvalue weighted by Gasteiger charge is 2.24. The molecule has 0 unspecified atom stereocenters. The average Bonchev–Trinajstić information content (AvgIpc) is 3.08. The van der Waals surface area contributed by atoms with Gasteiger partial charge in [0.2, 0.25) is 10.0 Å². The molecule has 0 fully saturated rings. The van der Waals surface area contributed by atoms with Gasteiger partial charge in [0.25, 0.3) is 0 Å². The first-order chi connectivity index (χ1) is 10.5. The molecule has 0 amide bonds. The predicted molar refractivity (Wildman–Crippen MR) is 84.5 cm³/mol. The number of sulfonamides is 1. The summed E-state index contributed by atoms with van der Waals surface area (Å²) in [4.78, 5) is 1.27. The summed E-state index contributed by atoms with van der Waals surface area (Å²) in [6, 6.07) is 3.96. The summed E-state index contributed by atoms with van der Waals surface area (Å²) in [5, 5.41) is 14.8. The fraction of sp³-hybridized carbons (Fsp3) is 0.500. The molecule has 0 bridgehead atoms. The average molecular weight is 344 g/mol. The number of aromatic nitrogens is 1. The van der Waals surface area contributed by atoms with Crippen molar-refractivity contribution in [3.63, 3.8) is 0 Å². The van der Waals surface area contributed by atoms with E-state index in [1.165, 1.54) is 0 Å². The van der Waals surface area contributed by atoms with Crippen molar-refractivity contribution < 1.29 is 18.0 Å². The van der Waals surface area contributed by atoms with Crippen molar-refractivity contribution in [2.24, 2.45) is 0 Å². The molecule has 2 rings (SSSR count). The fourth-order valence-corrected chi connectivity index (χ4v) is 4.68. The zero-order chi connectivity index (χ0) is 16.2. The lowest BCUT2D eigenvalue weighted by atomic mass is 10.0. The van der Waals surface area contributed by atoms with Crippen LogP contribution in [0.2, 0.25) is 0 Å². The van der Waals surface area contributed by atoms with Crippen LogP contribution in [0.3, 0.4) is 0 Å². The highest BCUT2D eigenvalue weighted by atomic mass is 32.2. The Morgan fingerprint density at radius 2 is 2.18 bits per heavy atom. The lowest BCUT2D eigenvalue weighted by Crippen LogP contribution is -2.26. The SMILES string of the molecule is Cc1noc(C)c1S(=O)(=O)NCC[C@@H](CCO)c1cccs1. The minimum atomic E-state index is -3.62. The third kappa shape index (κ3) is 3.95. The summed E-state index contributed by atoms with van der Waals surface area (Å²) in [5.74, 6) is 0.438. The van der Waals surface area contributed by atoms with E-state index in [1.807, 2.05) is 17.5 Å². The van der Waals surface area contributed by atoms with E-state index in [2.05, 4.69) is 9.88 Å². The van der Waals surface area contributed by atoms with E-state index in [0.717, 1.165) is 4.88 Å². The second-order valence-electron chi connectivity index (χ2n) is 5.06. The molecule has 122 valence electrons. The van der Waals surface area contributed by atoms with Crippen LogP contribution in [0, 0.1) is 13.8 Å². The van der Waals surface area contributed by atoms with Crippen molar-refractivity contribution in [3.05, 3.63) is 33.8 Å². The molecule has 2 aromatic heterocycles. The Hall–Kier alpha value is -1.22. The number of nitrogens with zero attached hydrogens (tertiary/aromatic N) is 1. The first kappa shape index (κ1) is 17.1. The summed E-state index contributed by atoms with van der Waals surface area (Å²) in [5.41, 5.74) is 0.357. The number of thiophene rings is 1. The molecule has 2 heterocycles. The van der Waals surface area contributed by atoms with Gasteiger partial charge in [-0.05, 0) is 44.1 Å². The summed E-state index contributed by atoms with van der Waals surface area (Å²) in [6.07, 6.45) is 1.25. The fourth-order valence-electron chi connectivity index (χ4n) is 2.41. The first-order valence-corrected chi connectivity index (χ1v) is 9.38. The van der Waals surface area contributed by atoms with Gasteiger partial charge < -0.3 is 9.63 Å². The highest BCUT2D eigenvalue weighted by molar-refractivity contribution is 7.89. The third-order valence-electron chi connectivity index (χ3n) is 3.44. The minimum absolute atomic E-state index is 0.0825. The second-order valence-corrected chi connectivity index (χ2v) is 7.75. The lowest BCUT2D eigenvalue weighted by Gasteiger charge is -2.14. The normalized spacial score (nSPS) is 13.4. The number of aliphatic hydroxyl groups excluding tert-OH is 1. The highest BCUT2D eigenvalue weighted by Crippen LogP contribution is 2.27. The number of rotatable bonds is 8. The zero-order valence-electron chi connectivity index (χ0n) is 12.6. The summed E-state index contributed by atoms with van der Waals surface area (Å²) in [7, 11) is -3.62. The Morgan fingerprint density at radius 1 is 1.41 bits per heavy atom. The molecule has 2 aromatic rings. The Balaban J connectivity index is 2.00. The van der Waals surface area contributed by atoms with Crippen molar-refractivity contribution >= 4 is 21.4 Å². The van der Waals surface area contributed by atoms with Gasteiger partial charge in [0.15, 0.2) is 5.76 Å². The number of aryl methyl sites for hydroxylation is 2. The van der Waals surface area contributed by atoms with Gasteiger partial charge in [0.05, 0.1) is 0 Å². The zero-order valence-corrected chi connectivity index (χ0v) is 14.2. The molecule has 0 spiro atoms. The van der Waals surface area contributed by atoms with E-state index in [0.29, 0.717) is 25.1 Å². The van der Waals surface area contributed by atoms with Gasteiger partial charge in [-0.25, -0.2) is 13.1 Å². The van der Waals surface area contributed by atoms with E-state index in [9.17, 15) is 8.42 Å². The number of nitrogens with one attached hydrogen (secondary N) is 1. The van der Waals surface area contributed by atoms with Gasteiger partial charge in [-0.3, -0.25) is 0 Å². The van der Waals surface area contributed by atoms with Gasteiger partial charge in [0, 0.05) is 18.0 Å². The Labute approximate surface area is 134 Å². The van der Waals surface area contributed by atoms with Crippen LogP contribution >= 0.6 is 11.3 Å². The Morgan fingerprint density at radius 3 is 2.73 bits per heavy atom. The molecule has 22 heavy (non-hydrogen) atoms. The standard InChI is InChI=1S/C14H20N2O4S2/c1-10-14(11(2)20-16-10)22(18,19)15-7-5-12(6-8-17)13-4-3-9-21-13/h3-4,9,12,15,17H,5-8H2,1-2H3/t12-/m0/s1. The second kappa shape index (κ2) is 7.36. The monoisotopic (exact) mass is 344 g/mol. The summed E-state index contributed by atoms with van der Waals surface area (Å²) >= 11 is 1.62. The van der Waals surface area contributed by atoms with Crippen LogP contribution in [0.15, 0.2) is 26.9 Å². The van der Waals surface area contributed by atoms with Gasteiger partial charge in [-0.15, -0.1) is 11.3 Å². The molecule has 1 atom stereocenters. The molecule has 0 aliphatic rings. The molecule has 0 aliphatic heterocycles. The van der Waals surface area contributed by atoms with Crippen molar-refractivity contribution in [2.45, 2.75) is 37.5 Å². The van der Waals surface area contributed by atoms with Gasteiger partial charge in [-0.2, -0.15) is 0 Å². The van der Waals surface area contributed by atoms with Crippen molar-refractivity contribution in [1.29, 1.82) is 0 Å².